The van der Waals surface area contributed by atoms with E-state index in [4.69, 9.17) is 14.2 Å². The average Bonchev–Trinajstić information content (AvgIpc) is 2.59. The van der Waals surface area contributed by atoms with Crippen molar-refractivity contribution in [2.45, 2.75) is 26.5 Å². The van der Waals surface area contributed by atoms with Crippen LogP contribution in [0.5, 0.6) is 17.2 Å². The maximum absolute atomic E-state index is 12.2. The molecule has 0 saturated carbocycles. The summed E-state index contributed by atoms with van der Waals surface area (Å²) in [7, 11) is 3.07. The monoisotopic (exact) mass is 329 g/mol. The van der Waals surface area contributed by atoms with Gasteiger partial charge in [0.15, 0.2) is 11.5 Å². The fourth-order valence-corrected chi connectivity index (χ4v) is 2.23. The van der Waals surface area contributed by atoms with Crippen molar-refractivity contribution < 1.29 is 19.0 Å². The highest BCUT2D eigenvalue weighted by atomic mass is 16.5. The zero-order valence-electron chi connectivity index (χ0n) is 14.5. The van der Waals surface area contributed by atoms with E-state index in [-0.39, 0.29) is 11.9 Å². The van der Waals surface area contributed by atoms with Crippen LogP contribution in [0.4, 0.5) is 0 Å². The maximum atomic E-state index is 12.2. The van der Waals surface area contributed by atoms with Crippen molar-refractivity contribution in [1.82, 2.24) is 5.32 Å². The Morgan fingerprint density at radius 1 is 1.04 bits per heavy atom. The van der Waals surface area contributed by atoms with E-state index in [1.807, 2.05) is 44.2 Å². The van der Waals surface area contributed by atoms with Gasteiger partial charge in [-0.05, 0) is 31.5 Å². The van der Waals surface area contributed by atoms with Crippen LogP contribution in [0.3, 0.4) is 0 Å². The predicted octanol–water partition coefficient (Wildman–Crippen LogP) is 3.42. The SMILES string of the molecule is COc1cc(C(=O)NC(C)C)cc(OC)c1OCc1ccccc1. The number of carbonyl (C=O) groups is 1. The molecule has 5 heteroatoms. The number of hydrogen-bond donors (Lipinski definition) is 1. The summed E-state index contributed by atoms with van der Waals surface area (Å²) in [6.07, 6.45) is 0. The van der Waals surface area contributed by atoms with E-state index in [0.29, 0.717) is 29.4 Å². The van der Waals surface area contributed by atoms with Crippen molar-refractivity contribution in [2.24, 2.45) is 0 Å². The van der Waals surface area contributed by atoms with Crippen LogP contribution in [0.1, 0.15) is 29.8 Å². The second kappa shape index (κ2) is 8.24. The van der Waals surface area contributed by atoms with Gasteiger partial charge in [0.2, 0.25) is 5.75 Å². The molecule has 2 aromatic carbocycles. The van der Waals surface area contributed by atoms with E-state index >= 15 is 0 Å². The van der Waals surface area contributed by atoms with Gasteiger partial charge in [-0.3, -0.25) is 4.79 Å². The normalized spacial score (nSPS) is 10.4. The van der Waals surface area contributed by atoms with Crippen LogP contribution in [0, 0.1) is 0 Å². The topological polar surface area (TPSA) is 56.8 Å². The zero-order chi connectivity index (χ0) is 17.5. The third-order valence-electron chi connectivity index (χ3n) is 3.37. The third-order valence-corrected chi connectivity index (χ3v) is 3.37. The van der Waals surface area contributed by atoms with Crippen molar-refractivity contribution in [3.63, 3.8) is 0 Å². The minimum atomic E-state index is -0.184. The van der Waals surface area contributed by atoms with Crippen molar-refractivity contribution in [3.8, 4) is 17.2 Å². The van der Waals surface area contributed by atoms with Crippen LogP contribution in [-0.2, 0) is 6.61 Å². The van der Waals surface area contributed by atoms with Crippen molar-refractivity contribution in [1.29, 1.82) is 0 Å². The number of amides is 1. The van der Waals surface area contributed by atoms with Gasteiger partial charge >= 0.3 is 0 Å². The summed E-state index contributed by atoms with van der Waals surface area (Å²) in [5.41, 5.74) is 1.49. The summed E-state index contributed by atoms with van der Waals surface area (Å²) in [6.45, 7) is 4.19. The van der Waals surface area contributed by atoms with Gasteiger partial charge in [-0.25, -0.2) is 0 Å². The molecule has 2 aromatic rings. The number of rotatable bonds is 7. The molecular formula is C19H23NO4. The molecule has 5 nitrogen and oxygen atoms in total. The molecule has 0 spiro atoms. The lowest BCUT2D eigenvalue weighted by atomic mass is 10.1. The summed E-state index contributed by atoms with van der Waals surface area (Å²) in [5, 5.41) is 2.85. The quantitative estimate of drug-likeness (QED) is 0.845. The Bertz CT molecular complexity index is 658. The molecule has 128 valence electrons. The Morgan fingerprint density at radius 3 is 2.12 bits per heavy atom. The number of carbonyl (C=O) groups excluding carboxylic acids is 1. The molecule has 0 saturated heterocycles. The van der Waals surface area contributed by atoms with Crippen LogP contribution < -0.4 is 19.5 Å². The van der Waals surface area contributed by atoms with Gasteiger partial charge in [-0.15, -0.1) is 0 Å². The highest BCUT2D eigenvalue weighted by molar-refractivity contribution is 5.95. The van der Waals surface area contributed by atoms with Gasteiger partial charge in [0.1, 0.15) is 6.61 Å². The summed E-state index contributed by atoms with van der Waals surface area (Å²) in [4.78, 5) is 12.2. The number of hydrogen-bond acceptors (Lipinski definition) is 4. The number of nitrogens with one attached hydrogen (secondary N) is 1. The number of methoxy groups -OCH3 is 2. The highest BCUT2D eigenvalue weighted by Gasteiger charge is 2.18. The lowest BCUT2D eigenvalue weighted by Crippen LogP contribution is -2.30. The summed E-state index contributed by atoms with van der Waals surface area (Å²) < 4.78 is 16.6. The van der Waals surface area contributed by atoms with Crippen LogP contribution in [-0.4, -0.2) is 26.2 Å². The first kappa shape index (κ1) is 17.7. The Kier molecular flexibility index (Phi) is 6.07. The van der Waals surface area contributed by atoms with E-state index in [1.54, 1.807) is 12.1 Å². The van der Waals surface area contributed by atoms with Gasteiger partial charge in [-0.2, -0.15) is 0 Å². The highest BCUT2D eigenvalue weighted by Crippen LogP contribution is 2.39. The van der Waals surface area contributed by atoms with Gasteiger partial charge in [0.25, 0.3) is 5.91 Å². The largest absolute Gasteiger partial charge is 0.493 e. The molecule has 0 aromatic heterocycles. The van der Waals surface area contributed by atoms with Crippen LogP contribution in [0.15, 0.2) is 42.5 Å². The Balaban J connectivity index is 2.28. The Hall–Kier alpha value is -2.69. The van der Waals surface area contributed by atoms with Gasteiger partial charge in [-0.1, -0.05) is 30.3 Å². The maximum Gasteiger partial charge on any atom is 0.251 e. The fourth-order valence-electron chi connectivity index (χ4n) is 2.23. The van der Waals surface area contributed by atoms with Gasteiger partial charge < -0.3 is 19.5 Å². The fraction of sp³-hybridized carbons (Fsp3) is 0.316. The molecule has 0 heterocycles. The van der Waals surface area contributed by atoms with E-state index in [0.717, 1.165) is 5.56 Å². The van der Waals surface area contributed by atoms with Crippen molar-refractivity contribution >= 4 is 5.91 Å². The average molecular weight is 329 g/mol. The molecule has 0 aliphatic rings. The molecule has 2 rings (SSSR count). The predicted molar refractivity (Wildman–Crippen MR) is 92.9 cm³/mol. The molecule has 0 unspecified atom stereocenters. The summed E-state index contributed by atoms with van der Waals surface area (Å²) in [6, 6.07) is 13.2. The molecule has 0 radical (unpaired) electrons. The smallest absolute Gasteiger partial charge is 0.251 e. The number of benzene rings is 2. The van der Waals surface area contributed by atoms with E-state index < -0.39 is 0 Å². The summed E-state index contributed by atoms with van der Waals surface area (Å²) >= 11 is 0. The van der Waals surface area contributed by atoms with Crippen molar-refractivity contribution in [3.05, 3.63) is 53.6 Å². The molecule has 0 aliphatic carbocycles. The molecule has 0 aliphatic heterocycles. The second-order valence-electron chi connectivity index (χ2n) is 5.61. The van der Waals surface area contributed by atoms with Crippen LogP contribution in [0.2, 0.25) is 0 Å². The molecule has 24 heavy (non-hydrogen) atoms. The molecule has 1 N–H and O–H groups in total. The van der Waals surface area contributed by atoms with E-state index in [1.165, 1.54) is 14.2 Å². The molecule has 0 atom stereocenters. The first-order chi connectivity index (χ1) is 11.5. The molecule has 0 bridgehead atoms. The zero-order valence-corrected chi connectivity index (χ0v) is 14.5. The second-order valence-corrected chi connectivity index (χ2v) is 5.61. The van der Waals surface area contributed by atoms with Crippen LogP contribution in [0.25, 0.3) is 0 Å². The van der Waals surface area contributed by atoms with E-state index in [9.17, 15) is 4.79 Å². The lowest BCUT2D eigenvalue weighted by Gasteiger charge is -2.16. The lowest BCUT2D eigenvalue weighted by molar-refractivity contribution is 0.0942. The summed E-state index contributed by atoms with van der Waals surface area (Å²) in [5.74, 6) is 1.21. The number of ether oxygens (including phenoxy) is 3. The van der Waals surface area contributed by atoms with Crippen molar-refractivity contribution in [2.75, 3.05) is 14.2 Å². The Labute approximate surface area is 142 Å². The molecule has 0 fully saturated rings. The standard InChI is InChI=1S/C19H23NO4/c1-13(2)20-19(21)15-10-16(22-3)18(17(11-15)23-4)24-12-14-8-6-5-7-9-14/h5-11,13H,12H2,1-4H3,(H,20,21). The minimum Gasteiger partial charge on any atom is -0.493 e. The van der Waals surface area contributed by atoms with Gasteiger partial charge in [0, 0.05) is 11.6 Å². The first-order valence-electron chi connectivity index (χ1n) is 7.78. The molecular weight excluding hydrogens is 306 g/mol. The first-order valence-corrected chi connectivity index (χ1v) is 7.78. The van der Waals surface area contributed by atoms with Gasteiger partial charge in [0.05, 0.1) is 14.2 Å². The minimum absolute atomic E-state index is 0.0449. The van der Waals surface area contributed by atoms with Crippen LogP contribution >= 0.6 is 0 Å². The third kappa shape index (κ3) is 4.41. The Morgan fingerprint density at radius 2 is 1.62 bits per heavy atom. The van der Waals surface area contributed by atoms with E-state index in [2.05, 4.69) is 5.32 Å². The molecule has 1 amide bonds.